The number of rotatable bonds is 1. The van der Waals surface area contributed by atoms with Crippen LogP contribution in [-0.2, 0) is 19.5 Å². The summed E-state index contributed by atoms with van der Waals surface area (Å²) < 4.78 is 7.31. The molecule has 0 amide bonds. The lowest BCUT2D eigenvalue weighted by molar-refractivity contribution is 0.661. The van der Waals surface area contributed by atoms with Crippen LogP contribution in [0.4, 0.5) is 11.4 Å². The Bertz CT molecular complexity index is 4150. The van der Waals surface area contributed by atoms with E-state index in [1.54, 1.807) is 0 Å². The first-order valence-corrected chi connectivity index (χ1v) is 25.1. The van der Waals surface area contributed by atoms with E-state index in [4.69, 9.17) is 0 Å². The lowest BCUT2D eigenvalue weighted by Gasteiger charge is -2.21. The number of anilines is 2. The van der Waals surface area contributed by atoms with E-state index in [0.29, 0.717) is 0 Å². The Kier molecular flexibility index (Phi) is 9.73. The molecule has 336 valence electrons. The number of benzene rings is 10. The summed E-state index contributed by atoms with van der Waals surface area (Å²) in [4.78, 5) is 2.28. The number of hydrogen-bond acceptors (Lipinski definition) is 2. The third kappa shape index (κ3) is 6.47. The van der Waals surface area contributed by atoms with Crippen molar-refractivity contribution in [1.29, 1.82) is 0 Å². The van der Waals surface area contributed by atoms with Crippen LogP contribution in [0.25, 0.3) is 108 Å². The molecule has 15 rings (SSSR count). The molecular formula is C66H51N3S. The minimum absolute atomic E-state index is 0.0660. The summed E-state index contributed by atoms with van der Waals surface area (Å²) in [5.41, 5.74) is 21.2. The second-order valence-electron chi connectivity index (χ2n) is 19.4. The van der Waals surface area contributed by atoms with Crippen LogP contribution in [0.1, 0.15) is 25.0 Å². The van der Waals surface area contributed by atoms with Crippen molar-refractivity contribution in [3.63, 3.8) is 0 Å². The number of thiophene rings is 1. The third-order valence-corrected chi connectivity index (χ3v) is 16.4. The van der Waals surface area contributed by atoms with Crippen molar-refractivity contribution in [2.75, 3.05) is 11.9 Å². The highest BCUT2D eigenvalue weighted by atomic mass is 32.1. The summed E-state index contributed by atoms with van der Waals surface area (Å²) in [6.07, 6.45) is 0. The smallest absolute Gasteiger partial charge is 0.0492 e. The van der Waals surface area contributed by atoms with Crippen LogP contribution >= 0.6 is 11.3 Å². The zero-order valence-corrected chi connectivity index (χ0v) is 40.9. The average molecular weight is 918 g/mol. The first kappa shape index (κ1) is 42.0. The van der Waals surface area contributed by atoms with Gasteiger partial charge < -0.3 is 14.0 Å². The minimum Gasteiger partial charge on any atom is -0.344 e. The maximum atomic E-state index is 2.41. The molecule has 0 radical (unpaired) electrons. The summed E-state index contributed by atoms with van der Waals surface area (Å²) in [6, 6.07) is 79.2. The second kappa shape index (κ2) is 16.2. The topological polar surface area (TPSA) is 13.1 Å². The Morgan fingerprint density at radius 3 is 1.43 bits per heavy atom. The fourth-order valence-electron chi connectivity index (χ4n) is 11.7. The van der Waals surface area contributed by atoms with Gasteiger partial charge in [-0.3, -0.25) is 0 Å². The summed E-state index contributed by atoms with van der Waals surface area (Å²) in [7, 11) is 6.46. The van der Waals surface area contributed by atoms with E-state index in [-0.39, 0.29) is 5.41 Å². The second-order valence-corrected chi connectivity index (χ2v) is 20.5. The summed E-state index contributed by atoms with van der Waals surface area (Å²) in [5, 5.41) is 8.04. The summed E-state index contributed by atoms with van der Waals surface area (Å²) in [5.74, 6) is 0. The van der Waals surface area contributed by atoms with E-state index >= 15 is 0 Å². The van der Waals surface area contributed by atoms with E-state index in [1.165, 1.54) is 131 Å². The Morgan fingerprint density at radius 1 is 0.314 bits per heavy atom. The van der Waals surface area contributed by atoms with E-state index in [2.05, 4.69) is 267 Å². The Balaban J connectivity index is 0.000000104. The zero-order chi connectivity index (χ0) is 47.3. The molecule has 0 atom stereocenters. The maximum absolute atomic E-state index is 2.41. The van der Waals surface area contributed by atoms with E-state index < -0.39 is 0 Å². The van der Waals surface area contributed by atoms with Crippen molar-refractivity contribution in [2.24, 2.45) is 14.1 Å². The average Bonchev–Trinajstić information content (AvgIpc) is 4.07. The molecule has 3 nitrogen and oxygen atoms in total. The number of nitrogens with zero attached hydrogens (tertiary/aromatic N) is 3. The zero-order valence-electron chi connectivity index (χ0n) is 40.0. The van der Waals surface area contributed by atoms with Crippen molar-refractivity contribution in [3.05, 3.63) is 230 Å². The molecule has 0 saturated carbocycles. The first-order chi connectivity index (χ1) is 34.2. The van der Waals surface area contributed by atoms with Gasteiger partial charge in [-0.1, -0.05) is 166 Å². The van der Waals surface area contributed by atoms with E-state index in [9.17, 15) is 0 Å². The number of para-hydroxylation sites is 4. The number of fused-ring (bicyclic) bond motifs is 17. The van der Waals surface area contributed by atoms with Crippen LogP contribution in [-0.4, -0.2) is 16.2 Å². The molecule has 10 aromatic carbocycles. The fourth-order valence-corrected chi connectivity index (χ4v) is 12.8. The molecule has 70 heavy (non-hydrogen) atoms. The van der Waals surface area contributed by atoms with Crippen LogP contribution in [0.3, 0.4) is 0 Å². The Labute approximate surface area is 412 Å². The van der Waals surface area contributed by atoms with E-state index in [1.807, 2.05) is 11.3 Å². The van der Waals surface area contributed by atoms with Crippen molar-refractivity contribution >= 4 is 86.5 Å². The number of aryl methyl sites for hydroxylation is 2. The molecule has 2 aliphatic rings. The van der Waals surface area contributed by atoms with Gasteiger partial charge in [0.25, 0.3) is 0 Å². The summed E-state index contributed by atoms with van der Waals surface area (Å²) >= 11 is 1.87. The standard InChI is InChI=1S/C25H17NS.C22H19N.C19H15N/c1-26-22-8-4-2-6-18(22)20-14-16(10-12-23(20)26)17-11-13-25-21(15-17)19-7-3-5-9-24(19)27-25;1-22(2)18-10-6-4-8-14(18)16-12-17-15-9-5-7-11-20(15)23(3)21(17)13-19(16)22;1-20-18-12-6-4-10-16(18)14-8-2-3-9-15(14)17-11-5-7-13-19(17)20/h2-15H,1H3;4-13H,1-3H3;2-13H,1H3. The molecule has 0 saturated heterocycles. The van der Waals surface area contributed by atoms with Crippen LogP contribution in [0.2, 0.25) is 0 Å². The molecule has 0 spiro atoms. The molecule has 1 aliphatic carbocycles. The van der Waals surface area contributed by atoms with Crippen molar-refractivity contribution in [3.8, 4) is 44.5 Å². The molecule has 0 bridgehead atoms. The van der Waals surface area contributed by atoms with Crippen LogP contribution in [0.5, 0.6) is 0 Å². The Hall–Kier alpha value is -8.18. The lowest BCUT2D eigenvalue weighted by Crippen LogP contribution is -2.14. The minimum atomic E-state index is 0.0660. The molecule has 4 heterocycles. The van der Waals surface area contributed by atoms with Crippen molar-refractivity contribution in [1.82, 2.24) is 9.13 Å². The van der Waals surface area contributed by atoms with E-state index in [0.717, 1.165) is 0 Å². The molecule has 13 aromatic rings. The normalized spacial score (nSPS) is 13.0. The highest BCUT2D eigenvalue weighted by molar-refractivity contribution is 7.25. The third-order valence-electron chi connectivity index (χ3n) is 15.3. The van der Waals surface area contributed by atoms with Gasteiger partial charge in [0.1, 0.15) is 0 Å². The molecule has 0 N–H and O–H groups in total. The predicted octanol–water partition coefficient (Wildman–Crippen LogP) is 18.1. The first-order valence-electron chi connectivity index (χ1n) is 24.3. The molecule has 1 aliphatic heterocycles. The van der Waals surface area contributed by atoms with Gasteiger partial charge in [-0.2, -0.15) is 0 Å². The number of aromatic nitrogens is 2. The van der Waals surface area contributed by atoms with Gasteiger partial charge >= 0.3 is 0 Å². The van der Waals surface area contributed by atoms with Crippen LogP contribution < -0.4 is 4.90 Å². The van der Waals surface area contributed by atoms with Gasteiger partial charge in [0.15, 0.2) is 0 Å². The highest BCUT2D eigenvalue weighted by Gasteiger charge is 2.36. The molecular weight excluding hydrogens is 867 g/mol. The molecule has 3 aromatic heterocycles. The van der Waals surface area contributed by atoms with Crippen LogP contribution in [0, 0.1) is 0 Å². The molecule has 0 unspecified atom stereocenters. The van der Waals surface area contributed by atoms with Crippen molar-refractivity contribution < 1.29 is 0 Å². The SMILES string of the molecule is CN1c2ccccc2-c2ccccc2-c2ccccc21.Cn1c2ccccc2c2cc(-c3ccc4sc5ccccc5c4c3)ccc21.Cn1c2ccccc2c2cc3c(cc21)C(C)(C)c1ccccc1-3. The Morgan fingerprint density at radius 2 is 0.771 bits per heavy atom. The van der Waals surface area contributed by atoms with Gasteiger partial charge in [-0.25, -0.2) is 0 Å². The van der Waals surface area contributed by atoms with Gasteiger partial charge in [0.05, 0.1) is 0 Å². The fraction of sp³-hybridized carbons (Fsp3) is 0.0909. The number of hydrogen-bond donors (Lipinski definition) is 0. The van der Waals surface area contributed by atoms with Crippen LogP contribution in [0.15, 0.2) is 218 Å². The van der Waals surface area contributed by atoms with Gasteiger partial charge in [0, 0.05) is 113 Å². The van der Waals surface area contributed by atoms with Gasteiger partial charge in [0.2, 0.25) is 0 Å². The maximum Gasteiger partial charge on any atom is 0.0492 e. The van der Waals surface area contributed by atoms with Gasteiger partial charge in [-0.05, 0) is 111 Å². The predicted molar refractivity (Wildman–Crippen MR) is 302 cm³/mol. The van der Waals surface area contributed by atoms with Gasteiger partial charge in [-0.15, -0.1) is 11.3 Å². The largest absolute Gasteiger partial charge is 0.344 e. The van der Waals surface area contributed by atoms with Crippen molar-refractivity contribution in [2.45, 2.75) is 19.3 Å². The molecule has 4 heteroatoms. The monoisotopic (exact) mass is 917 g/mol. The summed E-state index contributed by atoms with van der Waals surface area (Å²) in [6.45, 7) is 4.68. The lowest BCUT2D eigenvalue weighted by atomic mass is 9.82. The highest BCUT2D eigenvalue weighted by Crippen LogP contribution is 2.51. The quantitative estimate of drug-likeness (QED) is 0.160. The molecule has 0 fully saturated rings.